The number of hydrogen-bond acceptors (Lipinski definition) is 16. The Morgan fingerprint density at radius 3 is 1.65 bits per heavy atom. The number of rotatable bonds is 16. The zero-order chi connectivity index (χ0) is 64.8. The van der Waals surface area contributed by atoms with Crippen LogP contribution in [-0.2, 0) is 54.0 Å². The number of esters is 5. The van der Waals surface area contributed by atoms with E-state index in [9.17, 15) is 34.2 Å². The van der Waals surface area contributed by atoms with Crippen LogP contribution in [0.1, 0.15) is 160 Å². The maximum absolute atomic E-state index is 14.7. The first-order valence-electron chi connectivity index (χ1n) is 32.9. The highest BCUT2D eigenvalue weighted by atomic mass is 16.8. The van der Waals surface area contributed by atoms with Gasteiger partial charge in [0.15, 0.2) is 30.9 Å². The van der Waals surface area contributed by atoms with Gasteiger partial charge in [0.1, 0.15) is 37.6 Å². The molecule has 0 spiro atoms. The molecule has 2 aliphatic heterocycles. The van der Waals surface area contributed by atoms with Crippen LogP contribution in [-0.4, -0.2) is 115 Å². The Bertz CT molecular complexity index is 3470. The van der Waals surface area contributed by atoms with E-state index in [1.165, 1.54) is 42.0 Å². The average Bonchev–Trinajstić information content (AvgIpc) is 0.678. The van der Waals surface area contributed by atoms with Gasteiger partial charge < -0.3 is 52.8 Å². The van der Waals surface area contributed by atoms with Crippen molar-refractivity contribution >= 4 is 29.8 Å². The predicted octanol–water partition coefficient (Wildman–Crippen LogP) is 12.6. The highest BCUT2D eigenvalue weighted by molar-refractivity contribution is 5.92. The molecule has 0 radical (unpaired) electrons. The van der Waals surface area contributed by atoms with Gasteiger partial charge in [-0.05, 0) is 163 Å². The largest absolute Gasteiger partial charge is 0.460 e. The van der Waals surface area contributed by atoms with E-state index in [1.54, 1.807) is 84.9 Å². The van der Waals surface area contributed by atoms with Crippen LogP contribution in [0.5, 0.6) is 0 Å². The first kappa shape index (κ1) is 65.0. The van der Waals surface area contributed by atoms with Crippen LogP contribution in [0.15, 0.2) is 163 Å². The van der Waals surface area contributed by atoms with E-state index in [-0.39, 0.29) is 74.9 Å². The van der Waals surface area contributed by atoms with Gasteiger partial charge >= 0.3 is 29.8 Å². The third-order valence-corrected chi connectivity index (χ3v) is 23.0. The maximum atomic E-state index is 14.7. The molecule has 16 heteroatoms. The lowest BCUT2D eigenvalue weighted by Crippen LogP contribution is -2.66. The van der Waals surface area contributed by atoms with Gasteiger partial charge in [0.2, 0.25) is 0 Å². The van der Waals surface area contributed by atoms with Crippen molar-refractivity contribution in [1.82, 2.24) is 0 Å². The van der Waals surface area contributed by atoms with E-state index in [4.69, 9.17) is 42.6 Å². The molecular weight excluding hydrogens is 1170 g/mol. The molecule has 7 aliphatic rings. The summed E-state index contributed by atoms with van der Waals surface area (Å²) in [6.45, 7) is 16.1. The van der Waals surface area contributed by atoms with Gasteiger partial charge in [0, 0.05) is 0 Å². The van der Waals surface area contributed by atoms with Gasteiger partial charge in [-0.3, -0.25) is 4.79 Å². The number of benzene rings is 5. The molecule has 92 heavy (non-hydrogen) atoms. The molecule has 2 saturated heterocycles. The molecule has 0 amide bonds. The zero-order valence-corrected chi connectivity index (χ0v) is 53.8. The summed E-state index contributed by atoms with van der Waals surface area (Å²) in [6, 6.07) is 42.4. The van der Waals surface area contributed by atoms with Gasteiger partial charge in [0.25, 0.3) is 0 Å². The van der Waals surface area contributed by atoms with Crippen LogP contribution < -0.4 is 0 Å². The Balaban J connectivity index is 0.845. The Hall–Kier alpha value is -7.05. The second-order valence-corrected chi connectivity index (χ2v) is 29.0. The Morgan fingerprint density at radius 1 is 0.533 bits per heavy atom. The third kappa shape index (κ3) is 12.3. The lowest BCUT2D eigenvalue weighted by Gasteiger charge is -2.71. The number of hydrogen-bond donors (Lipinski definition) is 2. The molecule has 0 bridgehead atoms. The van der Waals surface area contributed by atoms with Crippen molar-refractivity contribution in [2.75, 3.05) is 13.2 Å². The highest BCUT2D eigenvalue weighted by Crippen LogP contribution is 2.76. The summed E-state index contributed by atoms with van der Waals surface area (Å²) in [4.78, 5) is 71.7. The van der Waals surface area contributed by atoms with E-state index in [0.717, 1.165) is 63.4 Å². The fourth-order valence-electron chi connectivity index (χ4n) is 17.7. The second-order valence-electron chi connectivity index (χ2n) is 29.0. The smallest absolute Gasteiger partial charge is 0.338 e. The number of aliphatic hydroxyl groups excluding tert-OH is 2. The molecule has 12 rings (SSSR count). The van der Waals surface area contributed by atoms with Gasteiger partial charge in [0.05, 0.1) is 40.4 Å². The number of ether oxygens (including phenoxy) is 9. The topological polar surface area (TPSA) is 209 Å². The lowest BCUT2D eigenvalue weighted by molar-refractivity contribution is -0.365. The van der Waals surface area contributed by atoms with E-state index < -0.39 is 103 Å². The molecule has 0 unspecified atom stereocenters. The van der Waals surface area contributed by atoms with Crippen LogP contribution in [0.3, 0.4) is 0 Å². The van der Waals surface area contributed by atoms with Crippen molar-refractivity contribution in [3.63, 3.8) is 0 Å². The molecule has 488 valence electrons. The van der Waals surface area contributed by atoms with Crippen LogP contribution >= 0.6 is 0 Å². The number of aliphatic hydroxyl groups is 2. The Morgan fingerprint density at radius 2 is 1.07 bits per heavy atom. The predicted molar refractivity (Wildman–Crippen MR) is 339 cm³/mol. The first-order chi connectivity index (χ1) is 44.0. The van der Waals surface area contributed by atoms with Crippen molar-refractivity contribution in [1.29, 1.82) is 0 Å². The molecule has 0 aromatic heterocycles. The number of carbonyl (C=O) groups is 5. The number of allylic oxidation sites excluding steroid dienone is 2. The van der Waals surface area contributed by atoms with Crippen molar-refractivity contribution in [2.24, 2.45) is 50.2 Å². The average molecular weight is 1260 g/mol. The maximum Gasteiger partial charge on any atom is 0.338 e. The van der Waals surface area contributed by atoms with Crippen molar-refractivity contribution in [3.05, 3.63) is 191 Å². The van der Waals surface area contributed by atoms with E-state index in [1.807, 2.05) is 30.3 Å². The summed E-state index contributed by atoms with van der Waals surface area (Å²) in [5, 5.41) is 23.7. The normalized spacial score (nSPS) is 35.1. The molecule has 5 aliphatic carbocycles. The van der Waals surface area contributed by atoms with Gasteiger partial charge in [-0.1, -0.05) is 163 Å². The first-order valence-corrected chi connectivity index (χ1v) is 32.9. The standard InChI is InChI=1S/C76H88O16/c1-71(2)39-41-76(70(83)86-44-47-23-13-8-14-24-47)42-40-74(6)52(53(76)43-71)33-34-57-73(5)37-36-58(72(3,4)56(73)35-38-75(57,74)7)88-68-61(59(78)54(77)45-85-68)92-69-63(91-67(82)51-31-21-12-22-32-51)62(90-66(81)50-29-19-11-20-30-50)60(89-65(80)49-27-17-10-18-28-49)55(87-69)46-84-64(79)48-25-15-9-16-26-48/h8-33,53-63,68-69,77-78H,34-46H2,1-7H3/t53-,54-,55+,56-,57+,58-,59-,60+,61+,62-,63+,68-,69-,73-,74+,75+,76-/m0/s1. The lowest BCUT2D eigenvalue weighted by atomic mass is 9.33. The molecule has 5 aromatic rings. The molecule has 4 saturated carbocycles. The molecule has 5 aromatic carbocycles. The van der Waals surface area contributed by atoms with Gasteiger partial charge in [-0.15, -0.1) is 0 Å². The molecule has 17 atom stereocenters. The van der Waals surface area contributed by atoms with Gasteiger partial charge in [-0.25, -0.2) is 19.2 Å². The Labute approximate surface area is 539 Å². The van der Waals surface area contributed by atoms with E-state index in [2.05, 4.69) is 54.5 Å². The molecule has 2 N–H and O–H groups in total. The summed E-state index contributed by atoms with van der Waals surface area (Å²) in [5.74, 6) is -2.90. The Kier molecular flexibility index (Phi) is 18.4. The van der Waals surface area contributed by atoms with Crippen molar-refractivity contribution in [2.45, 2.75) is 181 Å². The molecule has 16 nitrogen and oxygen atoms in total. The summed E-state index contributed by atoms with van der Waals surface area (Å²) in [7, 11) is 0. The molecule has 6 fully saturated rings. The van der Waals surface area contributed by atoms with Crippen molar-refractivity contribution < 1.29 is 76.8 Å². The summed E-state index contributed by atoms with van der Waals surface area (Å²) < 4.78 is 58.4. The fourth-order valence-corrected chi connectivity index (χ4v) is 17.7. The third-order valence-electron chi connectivity index (χ3n) is 23.0. The fraction of sp³-hybridized carbons (Fsp3) is 0.513. The van der Waals surface area contributed by atoms with E-state index >= 15 is 0 Å². The SMILES string of the molecule is CC1(C)CC[C@]2(C(=O)OCc3ccccc3)CC[C@]3(C)C(=CC[C@@H]4[C@@]5(C)CC[C@H](O[C@@H]6OC[C@H](O)[C@H](O)[C@H]6O[C@@H]6O[C@H](COC(=O)c7ccccc7)[C@@H](OC(=O)c7ccccc7)[C@H](OC(=O)c7ccccc7)[C@H]6OC(=O)c6ccccc6)C(C)(C)[C@@H]5CC[C@]43C)[C@@H]2C1. The van der Waals surface area contributed by atoms with Crippen LogP contribution in [0.2, 0.25) is 0 Å². The van der Waals surface area contributed by atoms with Crippen LogP contribution in [0.25, 0.3) is 0 Å². The summed E-state index contributed by atoms with van der Waals surface area (Å²) >= 11 is 0. The van der Waals surface area contributed by atoms with Crippen LogP contribution in [0.4, 0.5) is 0 Å². The quantitative estimate of drug-likeness (QED) is 0.0407. The molecule has 2 heterocycles. The number of fused-ring (bicyclic) bond motifs is 7. The monoisotopic (exact) mass is 1260 g/mol. The minimum atomic E-state index is -1.82. The second kappa shape index (κ2) is 26.0. The minimum absolute atomic E-state index is 0.0583. The van der Waals surface area contributed by atoms with Gasteiger partial charge in [-0.2, -0.15) is 0 Å². The highest BCUT2D eigenvalue weighted by Gasteiger charge is 2.70. The van der Waals surface area contributed by atoms with Crippen molar-refractivity contribution in [3.8, 4) is 0 Å². The molecular formula is C76H88O16. The van der Waals surface area contributed by atoms with E-state index in [0.29, 0.717) is 12.3 Å². The minimum Gasteiger partial charge on any atom is -0.460 e. The summed E-state index contributed by atoms with van der Waals surface area (Å²) in [5.41, 5.74) is 1.63. The number of carbonyl (C=O) groups excluding carboxylic acids is 5. The van der Waals surface area contributed by atoms with Crippen LogP contribution in [0, 0.1) is 50.2 Å². The summed E-state index contributed by atoms with van der Waals surface area (Å²) in [6.07, 6.45) is -3.83. The zero-order valence-electron chi connectivity index (χ0n) is 53.8.